The Morgan fingerprint density at radius 1 is 1.22 bits per heavy atom. The average molecular weight is 374 g/mol. The van der Waals surface area contributed by atoms with E-state index in [1.807, 2.05) is 36.5 Å². The van der Waals surface area contributed by atoms with Crippen molar-refractivity contribution in [1.82, 2.24) is 10.3 Å². The van der Waals surface area contributed by atoms with Gasteiger partial charge in [0.05, 0.1) is 11.9 Å². The molecule has 1 N–H and O–H groups in total. The zero-order chi connectivity index (χ0) is 16.1. The van der Waals surface area contributed by atoms with Crippen LogP contribution in [0, 0.1) is 5.92 Å². The third kappa shape index (κ3) is 4.32. The van der Waals surface area contributed by atoms with Gasteiger partial charge in [0.1, 0.15) is 0 Å². The van der Waals surface area contributed by atoms with Gasteiger partial charge in [-0.2, -0.15) is 0 Å². The molecule has 0 spiro atoms. The molecule has 1 saturated heterocycles. The third-order valence-corrected chi connectivity index (χ3v) is 4.81. The molecule has 5 heteroatoms. The SMILES string of the molecule is O=C(NCC1CCN(c2cccnc2)CC1)c1ccc(Br)cc1. The van der Waals surface area contributed by atoms with Crippen LogP contribution in [0.1, 0.15) is 23.2 Å². The van der Waals surface area contributed by atoms with Crippen LogP contribution in [0.15, 0.2) is 53.3 Å². The Morgan fingerprint density at radius 3 is 2.61 bits per heavy atom. The van der Waals surface area contributed by atoms with Crippen LogP contribution in [0.5, 0.6) is 0 Å². The lowest BCUT2D eigenvalue weighted by molar-refractivity contribution is 0.0945. The molecule has 0 unspecified atom stereocenters. The molecule has 1 aromatic carbocycles. The van der Waals surface area contributed by atoms with Gasteiger partial charge in [-0.3, -0.25) is 9.78 Å². The van der Waals surface area contributed by atoms with E-state index in [9.17, 15) is 4.79 Å². The zero-order valence-corrected chi connectivity index (χ0v) is 14.5. The number of anilines is 1. The van der Waals surface area contributed by atoms with Crippen molar-refractivity contribution in [2.24, 2.45) is 5.92 Å². The third-order valence-electron chi connectivity index (χ3n) is 4.28. The maximum Gasteiger partial charge on any atom is 0.251 e. The number of rotatable bonds is 4. The highest BCUT2D eigenvalue weighted by Gasteiger charge is 2.20. The molecule has 0 saturated carbocycles. The van der Waals surface area contributed by atoms with E-state index in [2.05, 4.69) is 37.2 Å². The van der Waals surface area contributed by atoms with Crippen LogP contribution in [-0.4, -0.2) is 30.5 Å². The summed E-state index contributed by atoms with van der Waals surface area (Å²) < 4.78 is 0.983. The number of hydrogen-bond acceptors (Lipinski definition) is 3. The van der Waals surface area contributed by atoms with E-state index in [4.69, 9.17) is 0 Å². The van der Waals surface area contributed by atoms with Gasteiger partial charge >= 0.3 is 0 Å². The summed E-state index contributed by atoms with van der Waals surface area (Å²) in [6, 6.07) is 11.5. The van der Waals surface area contributed by atoms with Crippen molar-refractivity contribution in [3.8, 4) is 0 Å². The van der Waals surface area contributed by atoms with Crippen molar-refractivity contribution in [3.63, 3.8) is 0 Å². The van der Waals surface area contributed by atoms with Crippen molar-refractivity contribution >= 4 is 27.5 Å². The topological polar surface area (TPSA) is 45.2 Å². The summed E-state index contributed by atoms with van der Waals surface area (Å²) in [6.07, 6.45) is 5.90. The molecule has 1 aromatic heterocycles. The Kier molecular flexibility index (Phi) is 5.28. The first-order chi connectivity index (χ1) is 11.2. The molecule has 2 aromatic rings. The number of benzene rings is 1. The van der Waals surface area contributed by atoms with Gasteiger partial charge in [-0.15, -0.1) is 0 Å². The molecule has 1 aliphatic rings. The van der Waals surface area contributed by atoms with E-state index in [0.29, 0.717) is 11.5 Å². The minimum atomic E-state index is 0.00666. The minimum absolute atomic E-state index is 0.00666. The smallest absolute Gasteiger partial charge is 0.251 e. The second-order valence-corrected chi connectivity index (χ2v) is 6.77. The first-order valence-electron chi connectivity index (χ1n) is 7.91. The quantitative estimate of drug-likeness (QED) is 0.891. The fourth-order valence-electron chi connectivity index (χ4n) is 2.88. The average Bonchev–Trinajstić information content (AvgIpc) is 2.61. The maximum atomic E-state index is 12.1. The number of pyridine rings is 1. The van der Waals surface area contributed by atoms with E-state index in [1.165, 1.54) is 5.69 Å². The highest BCUT2D eigenvalue weighted by Crippen LogP contribution is 2.22. The lowest BCUT2D eigenvalue weighted by Gasteiger charge is -2.33. The Balaban J connectivity index is 1.46. The Hall–Kier alpha value is -1.88. The molecule has 23 heavy (non-hydrogen) atoms. The van der Waals surface area contributed by atoms with Crippen molar-refractivity contribution in [1.29, 1.82) is 0 Å². The van der Waals surface area contributed by atoms with Crippen molar-refractivity contribution in [2.75, 3.05) is 24.5 Å². The number of nitrogens with zero attached hydrogens (tertiary/aromatic N) is 2. The normalized spacial score (nSPS) is 15.4. The fourth-order valence-corrected chi connectivity index (χ4v) is 3.14. The summed E-state index contributed by atoms with van der Waals surface area (Å²) in [6.45, 7) is 2.78. The van der Waals surface area contributed by atoms with Gasteiger partial charge in [-0.1, -0.05) is 15.9 Å². The molecule has 1 fully saturated rings. The maximum absolute atomic E-state index is 12.1. The highest BCUT2D eigenvalue weighted by molar-refractivity contribution is 9.10. The summed E-state index contributed by atoms with van der Waals surface area (Å²) in [7, 11) is 0. The predicted molar refractivity (Wildman–Crippen MR) is 95.6 cm³/mol. The van der Waals surface area contributed by atoms with E-state index in [-0.39, 0.29) is 5.91 Å². The lowest BCUT2D eigenvalue weighted by atomic mass is 9.96. The number of carbonyl (C=O) groups is 1. The van der Waals surface area contributed by atoms with Crippen molar-refractivity contribution in [2.45, 2.75) is 12.8 Å². The van der Waals surface area contributed by atoms with Gasteiger partial charge in [-0.05, 0) is 55.2 Å². The summed E-state index contributed by atoms with van der Waals surface area (Å²) in [5, 5.41) is 3.06. The molecule has 0 radical (unpaired) electrons. The molecule has 3 rings (SSSR count). The number of aromatic nitrogens is 1. The molecule has 0 atom stereocenters. The van der Waals surface area contributed by atoms with Crippen LogP contribution in [0.4, 0.5) is 5.69 Å². The van der Waals surface area contributed by atoms with E-state index < -0.39 is 0 Å². The molecule has 4 nitrogen and oxygen atoms in total. The van der Waals surface area contributed by atoms with Gasteiger partial charge in [0, 0.05) is 35.9 Å². The molecule has 0 bridgehead atoms. The monoisotopic (exact) mass is 373 g/mol. The van der Waals surface area contributed by atoms with E-state index >= 15 is 0 Å². The van der Waals surface area contributed by atoms with Crippen molar-refractivity contribution in [3.05, 3.63) is 58.8 Å². The second kappa shape index (κ2) is 7.59. The highest BCUT2D eigenvalue weighted by atomic mass is 79.9. The summed E-state index contributed by atoms with van der Waals surface area (Å²) >= 11 is 3.38. The van der Waals surface area contributed by atoms with Crippen molar-refractivity contribution < 1.29 is 4.79 Å². The second-order valence-electron chi connectivity index (χ2n) is 5.86. The van der Waals surface area contributed by atoms with Crippen LogP contribution in [0.3, 0.4) is 0 Å². The van der Waals surface area contributed by atoms with Gasteiger partial charge in [0.15, 0.2) is 0 Å². The number of piperidine rings is 1. The molecule has 2 heterocycles. The van der Waals surface area contributed by atoms with Gasteiger partial charge in [0.2, 0.25) is 0 Å². The summed E-state index contributed by atoms with van der Waals surface area (Å²) in [5.74, 6) is 0.550. The first-order valence-corrected chi connectivity index (χ1v) is 8.70. The zero-order valence-electron chi connectivity index (χ0n) is 12.9. The Morgan fingerprint density at radius 2 is 1.96 bits per heavy atom. The standard InChI is InChI=1S/C18H20BrN3O/c19-16-5-3-15(4-6-16)18(23)21-12-14-7-10-22(11-8-14)17-2-1-9-20-13-17/h1-6,9,13-14H,7-8,10-12H2,(H,21,23). The molecule has 0 aliphatic carbocycles. The van der Waals surface area contributed by atoms with Crippen LogP contribution < -0.4 is 10.2 Å². The number of nitrogens with one attached hydrogen (secondary N) is 1. The van der Waals surface area contributed by atoms with Gasteiger partial charge < -0.3 is 10.2 Å². The van der Waals surface area contributed by atoms with Crippen LogP contribution >= 0.6 is 15.9 Å². The summed E-state index contributed by atoms with van der Waals surface area (Å²) in [5.41, 5.74) is 1.89. The minimum Gasteiger partial charge on any atom is -0.370 e. The number of amides is 1. The van der Waals surface area contributed by atoms with E-state index in [0.717, 1.165) is 36.9 Å². The number of halogens is 1. The van der Waals surface area contributed by atoms with Crippen LogP contribution in [0.25, 0.3) is 0 Å². The lowest BCUT2D eigenvalue weighted by Crippen LogP contribution is -2.38. The molecular formula is C18H20BrN3O. The van der Waals surface area contributed by atoms with Crippen LogP contribution in [-0.2, 0) is 0 Å². The number of carbonyl (C=O) groups excluding carboxylic acids is 1. The van der Waals surface area contributed by atoms with Crippen LogP contribution in [0.2, 0.25) is 0 Å². The largest absolute Gasteiger partial charge is 0.370 e. The van der Waals surface area contributed by atoms with Gasteiger partial charge in [-0.25, -0.2) is 0 Å². The Bertz CT molecular complexity index is 637. The molecule has 120 valence electrons. The Labute approximate surface area is 145 Å². The fraction of sp³-hybridized carbons (Fsp3) is 0.333. The van der Waals surface area contributed by atoms with E-state index in [1.54, 1.807) is 6.20 Å². The first kappa shape index (κ1) is 16.0. The van der Waals surface area contributed by atoms with Gasteiger partial charge in [0.25, 0.3) is 5.91 Å². The predicted octanol–water partition coefficient (Wildman–Crippen LogP) is 3.49. The summed E-state index contributed by atoms with van der Waals surface area (Å²) in [4.78, 5) is 18.7. The molecular weight excluding hydrogens is 354 g/mol. The molecule has 1 amide bonds. The number of hydrogen-bond donors (Lipinski definition) is 1. The molecule has 1 aliphatic heterocycles.